The predicted molar refractivity (Wildman–Crippen MR) is 45.6 cm³/mol. The summed E-state index contributed by atoms with van der Waals surface area (Å²) in [6, 6.07) is 0. The Morgan fingerprint density at radius 2 is 2.00 bits per heavy atom. The molecule has 14 heavy (non-hydrogen) atoms. The van der Waals surface area contributed by atoms with Crippen LogP contribution in [-0.4, -0.2) is 13.4 Å². The van der Waals surface area contributed by atoms with E-state index in [1.165, 1.54) is 0 Å². The van der Waals surface area contributed by atoms with Crippen LogP contribution in [0, 0.1) is 0 Å². The van der Waals surface area contributed by atoms with Crippen molar-refractivity contribution in [2.75, 3.05) is 0 Å². The van der Waals surface area contributed by atoms with E-state index in [1.54, 1.807) is 0 Å². The molecule has 0 saturated carbocycles. The SMILES string of the molecule is NS(=O)(=O)c1cncc(C(F)F)c1Cl. The predicted octanol–water partition coefficient (Wildman–Crippen LogP) is 1.32. The Morgan fingerprint density at radius 1 is 1.43 bits per heavy atom. The fraction of sp³-hybridized carbons (Fsp3) is 0.167. The maximum absolute atomic E-state index is 12.2. The molecule has 0 aliphatic rings. The smallest absolute Gasteiger partial charge is 0.263 e. The van der Waals surface area contributed by atoms with Gasteiger partial charge in [-0.3, -0.25) is 4.98 Å². The minimum atomic E-state index is -4.12. The number of halogens is 3. The van der Waals surface area contributed by atoms with Crippen LogP contribution in [0.1, 0.15) is 12.0 Å². The van der Waals surface area contributed by atoms with Crippen LogP contribution in [-0.2, 0) is 10.0 Å². The van der Waals surface area contributed by atoms with E-state index < -0.39 is 31.9 Å². The van der Waals surface area contributed by atoms with Crippen molar-refractivity contribution in [3.05, 3.63) is 23.0 Å². The van der Waals surface area contributed by atoms with Crippen LogP contribution in [0.3, 0.4) is 0 Å². The number of pyridine rings is 1. The number of sulfonamides is 1. The topological polar surface area (TPSA) is 73.1 Å². The lowest BCUT2D eigenvalue weighted by Crippen LogP contribution is -2.13. The summed E-state index contributed by atoms with van der Waals surface area (Å²) in [6.45, 7) is 0. The number of alkyl halides is 2. The van der Waals surface area contributed by atoms with Gasteiger partial charge in [-0.1, -0.05) is 11.6 Å². The number of hydrogen-bond acceptors (Lipinski definition) is 3. The quantitative estimate of drug-likeness (QED) is 0.850. The first-order chi connectivity index (χ1) is 6.34. The largest absolute Gasteiger partial charge is 0.266 e. The molecule has 0 atom stereocenters. The summed E-state index contributed by atoms with van der Waals surface area (Å²) in [5.74, 6) is 0. The lowest BCUT2D eigenvalue weighted by Gasteiger charge is -2.05. The molecular weight excluding hydrogens is 238 g/mol. The fourth-order valence-electron chi connectivity index (χ4n) is 0.791. The highest BCUT2D eigenvalue weighted by Gasteiger charge is 2.20. The Hall–Kier alpha value is -0.790. The summed E-state index contributed by atoms with van der Waals surface area (Å²) in [6.07, 6.45) is -1.28. The molecule has 0 aromatic carbocycles. The van der Waals surface area contributed by atoms with Crippen LogP contribution in [0.4, 0.5) is 8.78 Å². The standard InChI is InChI=1S/C6H5ClF2N2O2S/c7-5-3(6(8)9)1-11-2-4(5)14(10,12)13/h1-2,6H,(H2,10,12,13). The van der Waals surface area contributed by atoms with Crippen LogP contribution in [0.2, 0.25) is 5.02 Å². The van der Waals surface area contributed by atoms with Gasteiger partial charge in [0.15, 0.2) is 0 Å². The fourth-order valence-corrected chi connectivity index (χ4v) is 1.87. The van der Waals surface area contributed by atoms with E-state index in [1.807, 2.05) is 0 Å². The maximum Gasteiger partial charge on any atom is 0.266 e. The highest BCUT2D eigenvalue weighted by atomic mass is 35.5. The molecule has 0 aliphatic heterocycles. The first kappa shape index (κ1) is 11.3. The molecule has 2 N–H and O–H groups in total. The molecule has 0 bridgehead atoms. The minimum absolute atomic E-state index is 0.586. The first-order valence-electron chi connectivity index (χ1n) is 3.28. The zero-order valence-electron chi connectivity index (χ0n) is 6.62. The van der Waals surface area contributed by atoms with Crippen molar-refractivity contribution in [1.29, 1.82) is 0 Å². The van der Waals surface area contributed by atoms with Gasteiger partial charge in [0, 0.05) is 12.4 Å². The van der Waals surface area contributed by atoms with E-state index in [4.69, 9.17) is 16.7 Å². The molecule has 1 heterocycles. The van der Waals surface area contributed by atoms with Gasteiger partial charge in [-0.15, -0.1) is 0 Å². The van der Waals surface area contributed by atoms with Gasteiger partial charge in [0.25, 0.3) is 6.43 Å². The second-order valence-corrected chi connectivity index (χ2v) is 4.29. The molecule has 0 aliphatic carbocycles. The molecule has 1 rings (SSSR count). The van der Waals surface area contributed by atoms with Crippen molar-refractivity contribution in [3.8, 4) is 0 Å². The van der Waals surface area contributed by atoms with Gasteiger partial charge in [-0.05, 0) is 0 Å². The summed E-state index contributed by atoms with van der Waals surface area (Å²) in [5.41, 5.74) is -0.654. The third-order valence-electron chi connectivity index (χ3n) is 1.42. The zero-order chi connectivity index (χ0) is 10.9. The van der Waals surface area contributed by atoms with Crippen molar-refractivity contribution < 1.29 is 17.2 Å². The van der Waals surface area contributed by atoms with Crippen LogP contribution in [0.5, 0.6) is 0 Å². The molecule has 1 aromatic rings. The van der Waals surface area contributed by atoms with Gasteiger partial charge in [0.05, 0.1) is 10.6 Å². The number of aromatic nitrogens is 1. The summed E-state index contributed by atoms with van der Waals surface area (Å²) < 4.78 is 46.1. The average molecular weight is 243 g/mol. The number of nitrogens with zero attached hydrogens (tertiary/aromatic N) is 1. The van der Waals surface area contributed by atoms with Gasteiger partial charge in [0.1, 0.15) is 4.90 Å². The Morgan fingerprint density at radius 3 is 2.43 bits per heavy atom. The van der Waals surface area contributed by atoms with E-state index >= 15 is 0 Å². The third-order valence-corrected chi connectivity index (χ3v) is 2.87. The van der Waals surface area contributed by atoms with Gasteiger partial charge < -0.3 is 0 Å². The van der Waals surface area contributed by atoms with Gasteiger partial charge in [-0.2, -0.15) is 0 Å². The molecule has 78 valence electrons. The van der Waals surface area contributed by atoms with E-state index in [2.05, 4.69) is 4.98 Å². The van der Waals surface area contributed by atoms with Crippen molar-refractivity contribution >= 4 is 21.6 Å². The normalized spacial score (nSPS) is 12.1. The molecule has 0 saturated heterocycles. The van der Waals surface area contributed by atoms with Gasteiger partial charge in [0.2, 0.25) is 10.0 Å². The molecule has 4 nitrogen and oxygen atoms in total. The van der Waals surface area contributed by atoms with Gasteiger partial charge in [-0.25, -0.2) is 22.3 Å². The monoisotopic (exact) mass is 242 g/mol. The summed E-state index contributed by atoms with van der Waals surface area (Å²) in [7, 11) is -4.12. The van der Waals surface area contributed by atoms with E-state index in [9.17, 15) is 17.2 Å². The number of hydrogen-bond donors (Lipinski definition) is 1. The summed E-state index contributed by atoms with van der Waals surface area (Å²) in [5, 5.41) is 4.14. The highest BCUT2D eigenvalue weighted by Crippen LogP contribution is 2.30. The second kappa shape index (κ2) is 3.76. The molecule has 0 fully saturated rings. The Balaban J connectivity index is 3.43. The van der Waals surface area contributed by atoms with Crippen molar-refractivity contribution in [2.45, 2.75) is 11.3 Å². The Kier molecular flexibility index (Phi) is 3.03. The maximum atomic E-state index is 12.2. The molecule has 0 amide bonds. The van der Waals surface area contributed by atoms with Crippen LogP contribution in [0.15, 0.2) is 17.3 Å². The van der Waals surface area contributed by atoms with Gasteiger partial charge >= 0.3 is 0 Å². The molecule has 8 heteroatoms. The van der Waals surface area contributed by atoms with Crippen molar-refractivity contribution in [1.82, 2.24) is 4.98 Å². The number of rotatable bonds is 2. The van der Waals surface area contributed by atoms with E-state index in [0.717, 1.165) is 12.4 Å². The molecule has 0 radical (unpaired) electrons. The van der Waals surface area contributed by atoms with Crippen LogP contribution >= 0.6 is 11.6 Å². The molecule has 0 unspecified atom stereocenters. The van der Waals surface area contributed by atoms with Crippen LogP contribution in [0.25, 0.3) is 0 Å². The van der Waals surface area contributed by atoms with Crippen molar-refractivity contribution in [2.24, 2.45) is 5.14 Å². The van der Waals surface area contributed by atoms with E-state index in [-0.39, 0.29) is 0 Å². The lowest BCUT2D eigenvalue weighted by atomic mass is 10.3. The zero-order valence-corrected chi connectivity index (χ0v) is 8.19. The number of nitrogens with two attached hydrogens (primary N) is 1. The molecule has 1 aromatic heterocycles. The summed E-state index contributed by atoms with van der Waals surface area (Å²) in [4.78, 5) is 2.71. The lowest BCUT2D eigenvalue weighted by molar-refractivity contribution is 0.151. The Labute approximate surface area is 83.8 Å². The third kappa shape index (κ3) is 2.17. The summed E-state index contributed by atoms with van der Waals surface area (Å²) >= 11 is 5.41. The highest BCUT2D eigenvalue weighted by molar-refractivity contribution is 7.89. The second-order valence-electron chi connectivity index (χ2n) is 2.39. The van der Waals surface area contributed by atoms with E-state index in [0.29, 0.717) is 0 Å². The average Bonchev–Trinajstić information content (AvgIpc) is 2.01. The number of primary sulfonamides is 1. The molecule has 0 spiro atoms. The Bertz CT molecular complexity index is 449. The molecular formula is C6H5ClF2N2O2S. The minimum Gasteiger partial charge on any atom is -0.263 e. The van der Waals surface area contributed by atoms with Crippen LogP contribution < -0.4 is 5.14 Å². The van der Waals surface area contributed by atoms with Crippen molar-refractivity contribution in [3.63, 3.8) is 0 Å². The first-order valence-corrected chi connectivity index (χ1v) is 5.21.